The van der Waals surface area contributed by atoms with E-state index in [2.05, 4.69) is 15.3 Å². The van der Waals surface area contributed by atoms with Crippen LogP contribution >= 0.6 is 0 Å². The summed E-state index contributed by atoms with van der Waals surface area (Å²) in [6.07, 6.45) is 0.141. The Bertz CT molecular complexity index is 804. The number of carbonyl (C=O) groups is 1. The lowest BCUT2D eigenvalue weighted by molar-refractivity contribution is 0.0412. The Morgan fingerprint density at radius 1 is 1.50 bits per heavy atom. The Morgan fingerprint density at radius 3 is 3.00 bits per heavy atom. The van der Waals surface area contributed by atoms with Gasteiger partial charge in [-0.3, -0.25) is 4.98 Å². The zero-order valence-electron chi connectivity index (χ0n) is 14.4. The molecule has 140 valence electrons. The summed E-state index contributed by atoms with van der Waals surface area (Å²) in [4.78, 5) is 21.1. The summed E-state index contributed by atoms with van der Waals surface area (Å²) < 4.78 is 19.4. The van der Waals surface area contributed by atoms with Crippen LogP contribution in [0.1, 0.15) is 12.0 Å². The lowest BCUT2D eigenvalue weighted by Gasteiger charge is -2.35. The predicted molar refractivity (Wildman–Crippen MR) is 91.8 cm³/mol. The number of piperidine rings is 1. The SMILES string of the molecule is COc1ccc2ncc(F)c(CCN3CCC(NC(=O)O)C(O)C3)c2n1. The fourth-order valence-corrected chi connectivity index (χ4v) is 3.23. The molecule has 1 saturated heterocycles. The first-order valence-corrected chi connectivity index (χ1v) is 8.36. The number of carboxylic acid groups (broad SMARTS) is 1. The lowest BCUT2D eigenvalue weighted by Crippen LogP contribution is -2.54. The summed E-state index contributed by atoms with van der Waals surface area (Å²) in [7, 11) is 1.50. The maximum atomic E-state index is 14.3. The minimum Gasteiger partial charge on any atom is -0.481 e. The first kappa shape index (κ1) is 18.3. The Balaban J connectivity index is 1.70. The Labute approximate surface area is 149 Å². The largest absolute Gasteiger partial charge is 0.481 e. The average Bonchev–Trinajstić information content (AvgIpc) is 2.62. The van der Waals surface area contributed by atoms with Crippen LogP contribution in [0.15, 0.2) is 18.3 Å². The Hall–Kier alpha value is -2.52. The fraction of sp³-hybridized carbons (Fsp3) is 0.471. The highest BCUT2D eigenvalue weighted by molar-refractivity contribution is 5.78. The number of hydrogen-bond donors (Lipinski definition) is 3. The van der Waals surface area contributed by atoms with E-state index in [0.717, 1.165) is 0 Å². The van der Waals surface area contributed by atoms with Gasteiger partial charge >= 0.3 is 6.09 Å². The normalized spacial score (nSPS) is 20.9. The minimum atomic E-state index is -1.15. The molecular formula is C17H21FN4O4. The van der Waals surface area contributed by atoms with Gasteiger partial charge in [-0.25, -0.2) is 14.2 Å². The molecule has 3 heterocycles. The standard InChI is InChI=1S/C17H21FN4O4/c1-26-15-3-2-13-16(21-15)10(11(18)8-19-13)4-6-22-7-5-12(14(23)9-22)20-17(24)25/h2-3,8,12,14,20,23H,4-7,9H2,1H3,(H,24,25). The highest BCUT2D eigenvalue weighted by atomic mass is 19.1. The molecule has 3 N–H and O–H groups in total. The number of likely N-dealkylation sites (tertiary alicyclic amines) is 1. The molecule has 2 atom stereocenters. The second-order valence-corrected chi connectivity index (χ2v) is 6.27. The van der Waals surface area contributed by atoms with Crippen molar-refractivity contribution in [2.75, 3.05) is 26.7 Å². The lowest BCUT2D eigenvalue weighted by atomic mass is 10.0. The first-order valence-electron chi connectivity index (χ1n) is 8.36. The van der Waals surface area contributed by atoms with Crippen LogP contribution in [0.2, 0.25) is 0 Å². The summed E-state index contributed by atoms with van der Waals surface area (Å²) in [5, 5.41) is 21.2. The van der Waals surface area contributed by atoms with Crippen LogP contribution in [0.3, 0.4) is 0 Å². The van der Waals surface area contributed by atoms with Crippen molar-refractivity contribution in [2.24, 2.45) is 0 Å². The summed E-state index contributed by atoms with van der Waals surface area (Å²) >= 11 is 0. The number of ether oxygens (including phenoxy) is 1. The maximum Gasteiger partial charge on any atom is 0.404 e. The van der Waals surface area contributed by atoms with Crippen molar-refractivity contribution < 1.29 is 24.1 Å². The molecule has 0 spiro atoms. The van der Waals surface area contributed by atoms with Crippen LogP contribution in [-0.2, 0) is 6.42 Å². The van der Waals surface area contributed by atoms with Crippen molar-refractivity contribution in [1.29, 1.82) is 0 Å². The molecule has 0 aromatic carbocycles. The van der Waals surface area contributed by atoms with Crippen molar-refractivity contribution in [3.05, 3.63) is 29.7 Å². The smallest absolute Gasteiger partial charge is 0.404 e. The van der Waals surface area contributed by atoms with Gasteiger partial charge in [-0.2, -0.15) is 0 Å². The second-order valence-electron chi connectivity index (χ2n) is 6.27. The van der Waals surface area contributed by atoms with Gasteiger partial charge in [0.1, 0.15) is 5.82 Å². The molecule has 9 heteroatoms. The zero-order valence-corrected chi connectivity index (χ0v) is 14.4. The van der Waals surface area contributed by atoms with E-state index in [-0.39, 0.29) is 0 Å². The van der Waals surface area contributed by atoms with Crippen LogP contribution in [-0.4, -0.2) is 70.1 Å². The molecule has 2 unspecified atom stereocenters. The van der Waals surface area contributed by atoms with Gasteiger partial charge in [0.15, 0.2) is 0 Å². The summed E-state index contributed by atoms with van der Waals surface area (Å²) in [6, 6.07) is 2.93. The van der Waals surface area contributed by atoms with E-state index in [1.54, 1.807) is 12.1 Å². The number of nitrogens with zero attached hydrogens (tertiary/aromatic N) is 3. The Morgan fingerprint density at radius 2 is 2.31 bits per heavy atom. The molecule has 0 aliphatic carbocycles. The second kappa shape index (κ2) is 7.79. The molecule has 0 bridgehead atoms. The van der Waals surface area contributed by atoms with Crippen LogP contribution in [0.25, 0.3) is 11.0 Å². The third kappa shape index (κ3) is 4.00. The number of methoxy groups -OCH3 is 1. The number of aliphatic hydroxyl groups is 1. The molecule has 8 nitrogen and oxygen atoms in total. The van der Waals surface area contributed by atoms with Crippen molar-refractivity contribution in [3.63, 3.8) is 0 Å². The number of β-amino-alcohol motifs (C(OH)–C–C–N with tert-alkyl or cyclic N) is 1. The number of fused-ring (bicyclic) bond motifs is 1. The van der Waals surface area contributed by atoms with Gasteiger partial charge in [0.05, 0.1) is 36.5 Å². The molecule has 26 heavy (non-hydrogen) atoms. The molecular weight excluding hydrogens is 343 g/mol. The van der Waals surface area contributed by atoms with Crippen molar-refractivity contribution >= 4 is 17.1 Å². The fourth-order valence-electron chi connectivity index (χ4n) is 3.23. The minimum absolute atomic E-state index is 0.326. The average molecular weight is 364 g/mol. The van der Waals surface area contributed by atoms with E-state index < -0.39 is 24.1 Å². The molecule has 3 rings (SSSR count). The third-order valence-electron chi connectivity index (χ3n) is 4.60. The molecule has 0 saturated carbocycles. The van der Waals surface area contributed by atoms with Gasteiger partial charge in [0, 0.05) is 31.3 Å². The number of rotatable bonds is 5. The molecule has 1 aliphatic heterocycles. The van der Waals surface area contributed by atoms with E-state index in [1.165, 1.54) is 13.3 Å². The quantitative estimate of drug-likeness (QED) is 0.727. The molecule has 1 aliphatic rings. The molecule has 2 aromatic rings. The summed E-state index contributed by atoms with van der Waals surface area (Å²) in [6.45, 7) is 1.46. The zero-order chi connectivity index (χ0) is 18.7. The highest BCUT2D eigenvalue weighted by Crippen LogP contribution is 2.22. The number of halogens is 1. The van der Waals surface area contributed by atoms with Crippen LogP contribution in [0.5, 0.6) is 5.88 Å². The van der Waals surface area contributed by atoms with Gasteiger partial charge < -0.3 is 25.2 Å². The van der Waals surface area contributed by atoms with Gasteiger partial charge in [-0.15, -0.1) is 0 Å². The van der Waals surface area contributed by atoms with Gasteiger partial charge in [-0.05, 0) is 18.9 Å². The van der Waals surface area contributed by atoms with E-state index in [0.29, 0.717) is 55.0 Å². The topological polar surface area (TPSA) is 108 Å². The molecule has 1 amide bonds. The Kier molecular flexibility index (Phi) is 5.48. The van der Waals surface area contributed by atoms with Gasteiger partial charge in [0.2, 0.25) is 5.88 Å². The summed E-state index contributed by atoms with van der Waals surface area (Å²) in [5.74, 6) is -0.0386. The van der Waals surface area contributed by atoms with E-state index in [9.17, 15) is 14.3 Å². The number of aliphatic hydroxyl groups excluding tert-OH is 1. The van der Waals surface area contributed by atoms with Crippen molar-refractivity contribution in [3.8, 4) is 5.88 Å². The van der Waals surface area contributed by atoms with Crippen molar-refractivity contribution in [1.82, 2.24) is 20.2 Å². The monoisotopic (exact) mass is 364 g/mol. The highest BCUT2D eigenvalue weighted by Gasteiger charge is 2.28. The van der Waals surface area contributed by atoms with Crippen LogP contribution < -0.4 is 10.1 Å². The molecule has 2 aromatic heterocycles. The van der Waals surface area contributed by atoms with Gasteiger partial charge in [0.25, 0.3) is 0 Å². The summed E-state index contributed by atoms with van der Waals surface area (Å²) in [5.41, 5.74) is 1.51. The first-order chi connectivity index (χ1) is 12.5. The van der Waals surface area contributed by atoms with Crippen molar-refractivity contribution in [2.45, 2.75) is 25.0 Å². The van der Waals surface area contributed by atoms with E-state index in [4.69, 9.17) is 9.84 Å². The third-order valence-corrected chi connectivity index (χ3v) is 4.60. The predicted octanol–water partition coefficient (Wildman–Crippen LogP) is 1.02. The van der Waals surface area contributed by atoms with E-state index in [1.807, 2.05) is 4.90 Å². The maximum absolute atomic E-state index is 14.3. The molecule has 1 fully saturated rings. The van der Waals surface area contributed by atoms with E-state index >= 15 is 0 Å². The van der Waals surface area contributed by atoms with Gasteiger partial charge in [-0.1, -0.05) is 0 Å². The molecule has 0 radical (unpaired) electrons. The number of amides is 1. The number of aromatic nitrogens is 2. The van der Waals surface area contributed by atoms with Crippen LogP contribution in [0.4, 0.5) is 9.18 Å². The number of nitrogens with one attached hydrogen (secondary N) is 1. The van der Waals surface area contributed by atoms with Crippen LogP contribution in [0, 0.1) is 5.82 Å². The number of hydrogen-bond acceptors (Lipinski definition) is 6. The number of pyridine rings is 2.